The first kappa shape index (κ1) is 24.5. The maximum absolute atomic E-state index is 13.8. The molecule has 4 nitrogen and oxygen atoms in total. The van der Waals surface area contributed by atoms with Crippen molar-refractivity contribution in [2.45, 2.75) is 86.0 Å². The second-order valence-corrected chi connectivity index (χ2v) is 8.49. The molecule has 28 heavy (non-hydrogen) atoms. The molecule has 1 aromatic rings. The van der Waals surface area contributed by atoms with E-state index in [-0.39, 0.29) is 5.78 Å². The van der Waals surface area contributed by atoms with Crippen molar-refractivity contribution in [2.75, 3.05) is 0 Å². The van der Waals surface area contributed by atoms with Gasteiger partial charge < -0.3 is 5.11 Å². The molecule has 0 spiro atoms. The van der Waals surface area contributed by atoms with Gasteiger partial charge in [0.25, 0.3) is 0 Å². The van der Waals surface area contributed by atoms with Crippen LogP contribution in [-0.2, 0) is 9.36 Å². The van der Waals surface area contributed by atoms with Crippen molar-refractivity contribution in [3.05, 3.63) is 34.4 Å². The number of ketones is 1. The van der Waals surface area contributed by atoms with Gasteiger partial charge in [0.05, 0.1) is 5.41 Å². The molecule has 156 valence electrons. The van der Waals surface area contributed by atoms with E-state index in [9.17, 15) is 14.7 Å². The number of unbranched alkanes of at least 4 members (excludes halogenated alkanes) is 2. The molecule has 0 saturated heterocycles. The van der Waals surface area contributed by atoms with Crippen LogP contribution in [0.15, 0.2) is 12.1 Å². The van der Waals surface area contributed by atoms with E-state index in [2.05, 4.69) is 6.92 Å². The maximum atomic E-state index is 13.8. The third kappa shape index (κ3) is 4.54. The summed E-state index contributed by atoms with van der Waals surface area (Å²) in [6.45, 7) is 9.93. The van der Waals surface area contributed by atoms with Crippen LogP contribution in [0.2, 0.25) is 0 Å². The van der Waals surface area contributed by atoms with Gasteiger partial charge >= 0.3 is 5.97 Å². The lowest BCUT2D eigenvalue weighted by Gasteiger charge is -2.43. The van der Waals surface area contributed by atoms with Gasteiger partial charge in [-0.1, -0.05) is 56.7 Å². The highest BCUT2D eigenvalue weighted by molar-refractivity contribution is 7.00. The molecule has 1 aliphatic rings. The van der Waals surface area contributed by atoms with Gasteiger partial charge in [-0.05, 0) is 58.1 Å². The van der Waals surface area contributed by atoms with Crippen molar-refractivity contribution >= 4 is 20.9 Å². The lowest BCUT2D eigenvalue weighted by Crippen LogP contribution is -2.49. The lowest BCUT2D eigenvalue weighted by molar-refractivity contribution is -0.155. The number of Topliss-reactive ketones (excluding diaryl/α,β-unsaturated/α-hetero) is 1. The summed E-state index contributed by atoms with van der Waals surface area (Å²) >= 11 is 0. The summed E-state index contributed by atoms with van der Waals surface area (Å²) < 4.78 is 8.06. The molecule has 1 aromatic carbocycles. The average molecular weight is 407 g/mol. The van der Waals surface area contributed by atoms with Crippen molar-refractivity contribution in [1.29, 1.82) is 0 Å². The second kappa shape index (κ2) is 10.3. The molecule has 0 heterocycles. The third-order valence-corrected chi connectivity index (χ3v) is 6.60. The zero-order chi connectivity index (χ0) is 21.5. The van der Waals surface area contributed by atoms with Crippen molar-refractivity contribution in [2.24, 2.45) is 10.8 Å². The summed E-state index contributed by atoms with van der Waals surface area (Å²) in [7, 11) is 1.72. The van der Waals surface area contributed by atoms with E-state index in [1.54, 1.807) is 9.12 Å². The van der Waals surface area contributed by atoms with Crippen LogP contribution in [0.25, 0.3) is 0 Å². The summed E-state index contributed by atoms with van der Waals surface area (Å²) in [4.78, 5) is 26.3. The first-order chi connectivity index (χ1) is 13.2. The minimum Gasteiger partial charge on any atom is -0.481 e. The Labute approximate surface area is 171 Å². The van der Waals surface area contributed by atoms with E-state index in [4.69, 9.17) is 4.57 Å². The van der Waals surface area contributed by atoms with Crippen LogP contribution in [-0.4, -0.2) is 16.9 Å². The summed E-state index contributed by atoms with van der Waals surface area (Å²) in [5.41, 5.74) is 2.05. The quantitative estimate of drug-likeness (QED) is 0.304. The monoisotopic (exact) mass is 406 g/mol. The molecule has 0 aromatic heterocycles. The van der Waals surface area contributed by atoms with E-state index in [0.29, 0.717) is 19.3 Å². The number of rotatable bonds is 8. The van der Waals surface area contributed by atoms with E-state index in [0.717, 1.165) is 54.4 Å². The standard InChI is InChI=1S/C23H34O3.HOP/c1-6-7-8-11-22(5,21(25)26)23(12-9-10-13-23)20(24)19-17(3)14-16(2)15-18(19)4;1-2/h14-15H,6-13H2,1-5H3,(H,25,26);2H. The molecule has 1 N–H and O–H groups in total. The largest absolute Gasteiger partial charge is 0.481 e. The van der Waals surface area contributed by atoms with Gasteiger partial charge in [0.15, 0.2) is 5.78 Å². The minimum atomic E-state index is -1.00. The third-order valence-electron chi connectivity index (χ3n) is 6.60. The summed E-state index contributed by atoms with van der Waals surface area (Å²) in [5.74, 6) is -0.752. The highest BCUT2D eigenvalue weighted by Crippen LogP contribution is 2.56. The normalized spacial score (nSPS) is 17.3. The SMILES string of the molecule is CCCCCC(C)(C(=O)O)C1(C(=O)c2c(C)cc(C)cc2C)CCCC1.O=P. The molecule has 0 bridgehead atoms. The number of benzene rings is 1. The molecule has 1 fully saturated rings. The number of aliphatic carboxylic acids is 1. The van der Waals surface area contributed by atoms with Crippen molar-refractivity contribution < 1.29 is 19.3 Å². The molecule has 2 rings (SSSR count). The van der Waals surface area contributed by atoms with Gasteiger partial charge in [0, 0.05) is 11.0 Å². The van der Waals surface area contributed by atoms with E-state index in [1.807, 2.05) is 39.8 Å². The Morgan fingerprint density at radius 1 is 1.07 bits per heavy atom. The number of aryl methyl sites for hydroxylation is 3. The lowest BCUT2D eigenvalue weighted by atomic mass is 9.57. The van der Waals surface area contributed by atoms with Gasteiger partial charge in [-0.2, -0.15) is 0 Å². The van der Waals surface area contributed by atoms with E-state index >= 15 is 0 Å². The first-order valence-corrected chi connectivity index (χ1v) is 10.7. The topological polar surface area (TPSA) is 71.4 Å². The van der Waals surface area contributed by atoms with Crippen LogP contribution in [0.4, 0.5) is 0 Å². The highest BCUT2D eigenvalue weighted by atomic mass is 31.0. The van der Waals surface area contributed by atoms with Crippen LogP contribution in [0, 0.1) is 31.6 Å². The van der Waals surface area contributed by atoms with Crippen LogP contribution in [0.3, 0.4) is 0 Å². The Kier molecular flexibility index (Phi) is 9.01. The van der Waals surface area contributed by atoms with Crippen LogP contribution < -0.4 is 0 Å². The van der Waals surface area contributed by atoms with Crippen LogP contribution in [0.1, 0.15) is 92.3 Å². The highest BCUT2D eigenvalue weighted by Gasteiger charge is 2.58. The number of carbonyl (C=O) groups is 2. The second-order valence-electron chi connectivity index (χ2n) is 8.49. The molecule has 1 atom stereocenters. The average Bonchev–Trinajstić information content (AvgIpc) is 3.14. The Balaban J connectivity index is 0.00000190. The van der Waals surface area contributed by atoms with E-state index in [1.165, 1.54) is 0 Å². The van der Waals surface area contributed by atoms with Gasteiger partial charge in [0.1, 0.15) is 9.12 Å². The first-order valence-electron chi connectivity index (χ1n) is 10.3. The number of carboxylic acid groups (broad SMARTS) is 1. The predicted molar refractivity (Wildman–Crippen MR) is 115 cm³/mol. The number of carboxylic acids is 1. The molecular formula is C23H35O4P. The fraction of sp³-hybridized carbons (Fsp3) is 0.652. The van der Waals surface area contributed by atoms with Gasteiger partial charge in [-0.3, -0.25) is 14.2 Å². The molecule has 0 amide bonds. The van der Waals surface area contributed by atoms with E-state index < -0.39 is 16.8 Å². The summed E-state index contributed by atoms with van der Waals surface area (Å²) in [6, 6.07) is 4.08. The summed E-state index contributed by atoms with van der Waals surface area (Å²) in [5, 5.41) is 10.2. The van der Waals surface area contributed by atoms with Crippen LogP contribution >= 0.6 is 9.12 Å². The van der Waals surface area contributed by atoms with Gasteiger partial charge in [-0.15, -0.1) is 0 Å². The van der Waals surface area contributed by atoms with Crippen molar-refractivity contribution in [1.82, 2.24) is 0 Å². The fourth-order valence-corrected chi connectivity index (χ4v) is 5.06. The van der Waals surface area contributed by atoms with Crippen LogP contribution in [0.5, 0.6) is 0 Å². The minimum absolute atomic E-state index is 0.0615. The molecule has 1 aliphatic carbocycles. The zero-order valence-electron chi connectivity index (χ0n) is 18.0. The molecule has 0 radical (unpaired) electrons. The molecule has 5 heteroatoms. The molecule has 1 saturated carbocycles. The van der Waals surface area contributed by atoms with Gasteiger partial charge in [0.2, 0.25) is 0 Å². The van der Waals surface area contributed by atoms with Crippen molar-refractivity contribution in [3.8, 4) is 0 Å². The predicted octanol–water partition coefficient (Wildman–Crippen LogP) is 6.50. The van der Waals surface area contributed by atoms with Crippen molar-refractivity contribution in [3.63, 3.8) is 0 Å². The number of hydrogen-bond donors (Lipinski definition) is 1. The summed E-state index contributed by atoms with van der Waals surface area (Å²) in [6.07, 6.45) is 6.74. The number of carbonyl (C=O) groups excluding carboxylic acids is 1. The smallest absolute Gasteiger partial charge is 0.310 e. The Hall–Kier alpha value is -1.54. The van der Waals surface area contributed by atoms with Gasteiger partial charge in [-0.25, -0.2) is 0 Å². The zero-order valence-corrected chi connectivity index (χ0v) is 19.0. The Morgan fingerprint density at radius 2 is 1.57 bits per heavy atom. The maximum Gasteiger partial charge on any atom is 0.310 e. The Bertz CT molecular complexity index is 684. The molecular weight excluding hydrogens is 371 g/mol. The Morgan fingerprint density at radius 3 is 2.00 bits per heavy atom. The number of hydrogen-bond acceptors (Lipinski definition) is 3. The molecule has 1 unspecified atom stereocenters. The fourth-order valence-electron chi connectivity index (χ4n) is 5.06. The molecule has 0 aliphatic heterocycles.